The molecule has 2 N–H and O–H groups in total. The van der Waals surface area contributed by atoms with Crippen molar-refractivity contribution >= 4 is 18.3 Å². The average Bonchev–Trinajstić information content (AvgIpc) is 2.45. The number of hydrogen-bond donors (Lipinski definition) is 1. The Kier molecular flexibility index (Phi) is 4.62. The van der Waals surface area contributed by atoms with Gasteiger partial charge in [0.1, 0.15) is 5.54 Å². The van der Waals surface area contributed by atoms with Crippen LogP contribution >= 0.6 is 12.4 Å². The van der Waals surface area contributed by atoms with Gasteiger partial charge in [-0.1, -0.05) is 27.7 Å². The van der Waals surface area contributed by atoms with Gasteiger partial charge in [-0.3, -0.25) is 4.79 Å². The fourth-order valence-electron chi connectivity index (χ4n) is 4.59. The van der Waals surface area contributed by atoms with E-state index in [4.69, 9.17) is 10.5 Å². The smallest absolute Gasteiger partial charge is 0.243 e. The lowest BCUT2D eigenvalue weighted by molar-refractivity contribution is -0.230. The van der Waals surface area contributed by atoms with Gasteiger partial charge in [0.2, 0.25) is 5.91 Å². The Morgan fingerprint density at radius 1 is 1.18 bits per heavy atom. The van der Waals surface area contributed by atoms with Crippen LogP contribution in [-0.4, -0.2) is 42.1 Å². The molecule has 3 atom stereocenters. The van der Waals surface area contributed by atoms with Gasteiger partial charge in [-0.05, 0) is 31.1 Å². The van der Waals surface area contributed by atoms with Crippen molar-refractivity contribution in [2.24, 2.45) is 22.5 Å². The van der Waals surface area contributed by atoms with E-state index in [1.807, 2.05) is 4.90 Å². The van der Waals surface area contributed by atoms with Gasteiger partial charge in [0, 0.05) is 31.0 Å². The number of ether oxygens (including phenoxy) is 1. The summed E-state index contributed by atoms with van der Waals surface area (Å²) in [5.41, 5.74) is 6.06. The molecule has 3 fully saturated rings. The minimum absolute atomic E-state index is 0. The number of hydrogen-bond acceptors (Lipinski definition) is 3. The molecule has 5 heteroatoms. The van der Waals surface area contributed by atoms with Crippen LogP contribution < -0.4 is 5.73 Å². The Labute approximate surface area is 140 Å². The third kappa shape index (κ3) is 2.38. The summed E-state index contributed by atoms with van der Waals surface area (Å²) in [6.07, 6.45) is 4.34. The van der Waals surface area contributed by atoms with Crippen LogP contribution in [-0.2, 0) is 9.53 Å². The van der Waals surface area contributed by atoms with Gasteiger partial charge < -0.3 is 15.4 Å². The normalized spacial score (nSPS) is 39.2. The van der Waals surface area contributed by atoms with Crippen LogP contribution in [0.4, 0.5) is 0 Å². The molecule has 3 rings (SSSR count). The molecular formula is C17H31ClN2O2. The average molecular weight is 331 g/mol. The second-order valence-electron chi connectivity index (χ2n) is 8.59. The number of likely N-dealkylation sites (tertiary alicyclic amines) is 1. The van der Waals surface area contributed by atoms with Crippen LogP contribution in [0.15, 0.2) is 0 Å². The lowest BCUT2D eigenvalue weighted by atomic mass is 9.46. The Bertz CT molecular complexity index is 442. The van der Waals surface area contributed by atoms with E-state index in [1.54, 1.807) is 0 Å². The lowest BCUT2D eigenvalue weighted by Crippen LogP contribution is -2.82. The van der Waals surface area contributed by atoms with E-state index in [9.17, 15) is 4.79 Å². The number of amides is 1. The molecule has 0 bridgehead atoms. The molecule has 2 aliphatic heterocycles. The Morgan fingerprint density at radius 2 is 1.77 bits per heavy atom. The van der Waals surface area contributed by atoms with Gasteiger partial charge >= 0.3 is 0 Å². The van der Waals surface area contributed by atoms with Crippen molar-refractivity contribution in [3.63, 3.8) is 0 Å². The molecule has 0 aromatic carbocycles. The molecule has 2 heterocycles. The maximum atomic E-state index is 13.1. The highest BCUT2D eigenvalue weighted by atomic mass is 35.5. The molecule has 22 heavy (non-hydrogen) atoms. The van der Waals surface area contributed by atoms with Crippen molar-refractivity contribution in [3.05, 3.63) is 0 Å². The SMILES string of the molecule is CC1(C)CCN(C(=O)C2(N)C3CCCOC3C2(C)C)CC1.Cl. The number of nitrogens with two attached hydrogens (primary N) is 1. The number of halogens is 1. The predicted molar refractivity (Wildman–Crippen MR) is 90.0 cm³/mol. The Morgan fingerprint density at radius 3 is 2.36 bits per heavy atom. The van der Waals surface area contributed by atoms with Crippen molar-refractivity contribution in [3.8, 4) is 0 Å². The van der Waals surface area contributed by atoms with Gasteiger partial charge in [0.15, 0.2) is 0 Å². The fourth-order valence-corrected chi connectivity index (χ4v) is 4.59. The molecular weight excluding hydrogens is 300 g/mol. The number of carbonyl (C=O) groups is 1. The summed E-state index contributed by atoms with van der Waals surface area (Å²) >= 11 is 0. The minimum atomic E-state index is -0.737. The molecule has 1 saturated carbocycles. The van der Waals surface area contributed by atoms with Gasteiger partial charge in [-0.2, -0.15) is 0 Å². The van der Waals surface area contributed by atoms with E-state index in [-0.39, 0.29) is 35.8 Å². The van der Waals surface area contributed by atoms with Gasteiger partial charge in [-0.15, -0.1) is 12.4 Å². The molecule has 0 spiro atoms. The maximum Gasteiger partial charge on any atom is 0.243 e. The lowest BCUT2D eigenvalue weighted by Gasteiger charge is -2.66. The van der Waals surface area contributed by atoms with Gasteiger partial charge in [0.25, 0.3) is 0 Å². The molecule has 2 saturated heterocycles. The van der Waals surface area contributed by atoms with Crippen molar-refractivity contribution in [2.75, 3.05) is 19.7 Å². The topological polar surface area (TPSA) is 55.6 Å². The van der Waals surface area contributed by atoms with E-state index >= 15 is 0 Å². The standard InChI is InChI=1S/C17H30N2O2.ClH/c1-15(2)7-9-19(10-8-15)14(20)17(18)12-6-5-11-21-13(12)16(17,3)4;/h12-13H,5-11,18H2,1-4H3;1H. The number of carbonyl (C=O) groups excluding carboxylic acids is 1. The zero-order valence-electron chi connectivity index (χ0n) is 14.4. The van der Waals surface area contributed by atoms with Crippen molar-refractivity contribution < 1.29 is 9.53 Å². The summed E-state index contributed by atoms with van der Waals surface area (Å²) in [5.74, 6) is 0.360. The van der Waals surface area contributed by atoms with Crippen LogP contribution in [0.5, 0.6) is 0 Å². The number of fused-ring (bicyclic) bond motifs is 1. The molecule has 4 nitrogen and oxygen atoms in total. The van der Waals surface area contributed by atoms with E-state index in [0.29, 0.717) is 5.41 Å². The van der Waals surface area contributed by atoms with E-state index < -0.39 is 5.54 Å². The first-order valence-corrected chi connectivity index (χ1v) is 8.40. The number of rotatable bonds is 1. The molecule has 3 aliphatic rings. The van der Waals surface area contributed by atoms with Crippen LogP contribution in [0.3, 0.4) is 0 Å². The maximum absolute atomic E-state index is 13.1. The predicted octanol–water partition coefficient (Wildman–Crippen LogP) is 2.59. The van der Waals surface area contributed by atoms with Crippen LogP contribution in [0.1, 0.15) is 53.4 Å². The molecule has 0 aromatic rings. The van der Waals surface area contributed by atoms with Crippen molar-refractivity contribution in [1.82, 2.24) is 4.90 Å². The summed E-state index contributed by atoms with van der Waals surface area (Å²) < 4.78 is 5.91. The summed E-state index contributed by atoms with van der Waals surface area (Å²) in [7, 11) is 0. The van der Waals surface area contributed by atoms with Crippen LogP contribution in [0.2, 0.25) is 0 Å². The minimum Gasteiger partial charge on any atom is -0.377 e. The van der Waals surface area contributed by atoms with Crippen molar-refractivity contribution in [2.45, 2.75) is 65.0 Å². The molecule has 0 radical (unpaired) electrons. The van der Waals surface area contributed by atoms with E-state index in [1.165, 1.54) is 0 Å². The van der Waals surface area contributed by atoms with Gasteiger partial charge in [0.05, 0.1) is 6.10 Å². The van der Waals surface area contributed by atoms with Crippen molar-refractivity contribution in [1.29, 1.82) is 0 Å². The monoisotopic (exact) mass is 330 g/mol. The molecule has 1 amide bonds. The van der Waals surface area contributed by atoms with Gasteiger partial charge in [-0.25, -0.2) is 0 Å². The second-order valence-corrected chi connectivity index (χ2v) is 8.59. The molecule has 3 unspecified atom stereocenters. The van der Waals surface area contributed by atoms with Crippen LogP contribution in [0, 0.1) is 16.7 Å². The van der Waals surface area contributed by atoms with Crippen LogP contribution in [0.25, 0.3) is 0 Å². The second kappa shape index (κ2) is 5.64. The molecule has 128 valence electrons. The Balaban J connectivity index is 0.00000176. The highest BCUT2D eigenvalue weighted by Crippen LogP contribution is 2.58. The highest BCUT2D eigenvalue weighted by Gasteiger charge is 2.70. The summed E-state index contributed by atoms with van der Waals surface area (Å²) in [5, 5.41) is 0. The Hall–Kier alpha value is -0.320. The third-order valence-electron chi connectivity index (χ3n) is 6.44. The summed E-state index contributed by atoms with van der Waals surface area (Å²) in [4.78, 5) is 15.1. The van der Waals surface area contributed by atoms with E-state index in [0.717, 1.165) is 45.4 Å². The largest absolute Gasteiger partial charge is 0.377 e. The zero-order chi connectivity index (χ0) is 15.5. The number of nitrogens with zero attached hydrogens (tertiary/aromatic N) is 1. The number of piperidine rings is 1. The highest BCUT2D eigenvalue weighted by molar-refractivity contribution is 5.89. The summed E-state index contributed by atoms with van der Waals surface area (Å²) in [6.45, 7) is 11.3. The fraction of sp³-hybridized carbons (Fsp3) is 0.941. The quantitative estimate of drug-likeness (QED) is 0.804. The third-order valence-corrected chi connectivity index (χ3v) is 6.44. The molecule has 1 aliphatic carbocycles. The first-order chi connectivity index (χ1) is 9.70. The first kappa shape index (κ1) is 18.0. The molecule has 0 aromatic heterocycles. The zero-order valence-corrected chi connectivity index (χ0v) is 15.2. The van der Waals surface area contributed by atoms with E-state index in [2.05, 4.69) is 27.7 Å². The first-order valence-electron chi connectivity index (χ1n) is 8.40. The summed E-state index contributed by atoms with van der Waals surface area (Å²) in [6, 6.07) is 0.